The van der Waals surface area contributed by atoms with Crippen molar-refractivity contribution in [2.45, 2.75) is 44.9 Å². The Morgan fingerprint density at radius 2 is 2.53 bits per heavy atom. The van der Waals surface area contributed by atoms with Gasteiger partial charge < -0.3 is 10.1 Å². The van der Waals surface area contributed by atoms with Gasteiger partial charge in [-0.05, 0) is 32.4 Å². The molecule has 1 aromatic rings. The molecular formula is C14H23N3OS. The van der Waals surface area contributed by atoms with Crippen LogP contribution in [-0.2, 0) is 11.3 Å². The second-order valence-corrected chi connectivity index (χ2v) is 6.36. The summed E-state index contributed by atoms with van der Waals surface area (Å²) in [6, 6.07) is 0.668. The first kappa shape index (κ1) is 13.5. The molecular weight excluding hydrogens is 258 g/mol. The van der Waals surface area contributed by atoms with Crippen LogP contribution in [0.25, 0.3) is 0 Å². The molecule has 106 valence electrons. The lowest BCUT2D eigenvalue weighted by molar-refractivity contribution is -0.0502. The number of aromatic nitrogens is 1. The molecule has 1 aromatic heterocycles. The second kappa shape index (κ2) is 6.31. The first-order chi connectivity index (χ1) is 9.36. The van der Waals surface area contributed by atoms with E-state index in [4.69, 9.17) is 9.72 Å². The molecule has 0 aromatic carbocycles. The van der Waals surface area contributed by atoms with Gasteiger partial charge in [-0.1, -0.05) is 6.92 Å². The maximum absolute atomic E-state index is 6.00. The summed E-state index contributed by atoms with van der Waals surface area (Å²) in [4.78, 5) is 7.30. The summed E-state index contributed by atoms with van der Waals surface area (Å²) in [5.74, 6) is 0. The highest BCUT2D eigenvalue weighted by Gasteiger charge is 2.33. The van der Waals surface area contributed by atoms with Gasteiger partial charge in [0.05, 0.1) is 12.3 Å². The van der Waals surface area contributed by atoms with E-state index in [1.165, 1.54) is 25.8 Å². The minimum atomic E-state index is 0.194. The van der Waals surface area contributed by atoms with Gasteiger partial charge >= 0.3 is 0 Å². The Morgan fingerprint density at radius 3 is 3.42 bits per heavy atom. The largest absolute Gasteiger partial charge is 0.368 e. The van der Waals surface area contributed by atoms with Crippen molar-refractivity contribution in [2.24, 2.45) is 0 Å². The zero-order valence-corrected chi connectivity index (χ0v) is 12.4. The van der Waals surface area contributed by atoms with E-state index in [2.05, 4.69) is 22.5 Å². The summed E-state index contributed by atoms with van der Waals surface area (Å²) in [6.45, 7) is 7.27. The quantitative estimate of drug-likeness (QED) is 0.840. The number of fused-ring (bicyclic) bond motifs is 1. The summed E-state index contributed by atoms with van der Waals surface area (Å²) in [5, 5.41) is 6.71. The van der Waals surface area contributed by atoms with E-state index < -0.39 is 0 Å². The predicted molar refractivity (Wildman–Crippen MR) is 77.4 cm³/mol. The SMILES string of the molecule is CCCNCc1csc(C2CN3CCCC3CO2)n1. The maximum Gasteiger partial charge on any atom is 0.123 e. The highest BCUT2D eigenvalue weighted by atomic mass is 32.1. The molecule has 3 heterocycles. The van der Waals surface area contributed by atoms with Crippen LogP contribution in [0.4, 0.5) is 0 Å². The van der Waals surface area contributed by atoms with E-state index >= 15 is 0 Å². The summed E-state index contributed by atoms with van der Waals surface area (Å²) in [5.41, 5.74) is 1.15. The lowest BCUT2D eigenvalue weighted by Crippen LogP contribution is -2.42. The minimum Gasteiger partial charge on any atom is -0.368 e. The predicted octanol–water partition coefficient (Wildman–Crippen LogP) is 2.18. The minimum absolute atomic E-state index is 0.194. The Morgan fingerprint density at radius 1 is 1.58 bits per heavy atom. The highest BCUT2D eigenvalue weighted by molar-refractivity contribution is 7.09. The molecule has 0 radical (unpaired) electrons. The molecule has 0 bridgehead atoms. The zero-order chi connectivity index (χ0) is 13.1. The molecule has 2 fully saturated rings. The van der Waals surface area contributed by atoms with Gasteiger partial charge in [0.2, 0.25) is 0 Å². The fourth-order valence-corrected chi connectivity index (χ4v) is 3.77. The van der Waals surface area contributed by atoms with Crippen LogP contribution in [0.2, 0.25) is 0 Å². The summed E-state index contributed by atoms with van der Waals surface area (Å²) in [6.07, 6.45) is 3.99. The van der Waals surface area contributed by atoms with E-state index in [0.717, 1.165) is 36.9 Å². The van der Waals surface area contributed by atoms with Crippen LogP contribution in [0.1, 0.15) is 43.0 Å². The molecule has 0 aliphatic carbocycles. The molecule has 2 unspecified atom stereocenters. The highest BCUT2D eigenvalue weighted by Crippen LogP contribution is 2.31. The van der Waals surface area contributed by atoms with Gasteiger partial charge in [0.15, 0.2) is 0 Å². The van der Waals surface area contributed by atoms with Gasteiger partial charge in [-0.25, -0.2) is 4.98 Å². The average molecular weight is 281 g/mol. The molecule has 0 amide bonds. The normalized spacial score (nSPS) is 27.6. The van der Waals surface area contributed by atoms with E-state index in [1.807, 2.05) is 0 Å². The number of rotatable bonds is 5. The fraction of sp³-hybridized carbons (Fsp3) is 0.786. The number of ether oxygens (including phenoxy) is 1. The van der Waals surface area contributed by atoms with Crippen molar-refractivity contribution in [3.8, 4) is 0 Å². The smallest absolute Gasteiger partial charge is 0.123 e. The van der Waals surface area contributed by atoms with Crippen LogP contribution < -0.4 is 5.32 Å². The maximum atomic E-state index is 6.00. The number of morpholine rings is 1. The van der Waals surface area contributed by atoms with Crippen LogP contribution in [-0.4, -0.2) is 42.2 Å². The third kappa shape index (κ3) is 3.16. The number of nitrogens with zero attached hydrogens (tertiary/aromatic N) is 2. The molecule has 2 aliphatic rings. The number of nitrogens with one attached hydrogen (secondary N) is 1. The van der Waals surface area contributed by atoms with Crippen LogP contribution >= 0.6 is 11.3 Å². The van der Waals surface area contributed by atoms with E-state index in [0.29, 0.717) is 6.04 Å². The van der Waals surface area contributed by atoms with Crippen molar-refractivity contribution in [1.29, 1.82) is 0 Å². The van der Waals surface area contributed by atoms with E-state index in [-0.39, 0.29) is 6.10 Å². The molecule has 1 N–H and O–H groups in total. The Labute approximate surface area is 119 Å². The Bertz CT molecular complexity index is 409. The lowest BCUT2D eigenvalue weighted by atomic mass is 10.2. The first-order valence-electron chi connectivity index (χ1n) is 7.37. The van der Waals surface area contributed by atoms with Crippen molar-refractivity contribution in [1.82, 2.24) is 15.2 Å². The number of hydrogen-bond donors (Lipinski definition) is 1. The standard InChI is InChI=1S/C14H23N3OS/c1-2-5-15-7-11-10-19-14(16-11)13-8-17-6-3-4-12(17)9-18-13/h10,12-13,15H,2-9H2,1H3. The molecule has 2 atom stereocenters. The molecule has 2 aliphatic heterocycles. The second-order valence-electron chi connectivity index (χ2n) is 5.47. The third-order valence-electron chi connectivity index (χ3n) is 3.97. The monoisotopic (exact) mass is 281 g/mol. The van der Waals surface area contributed by atoms with Crippen LogP contribution in [0.3, 0.4) is 0 Å². The first-order valence-corrected chi connectivity index (χ1v) is 8.25. The molecule has 3 rings (SSSR count). The lowest BCUT2D eigenvalue weighted by Gasteiger charge is -2.34. The van der Waals surface area contributed by atoms with Crippen molar-refractivity contribution < 1.29 is 4.74 Å². The van der Waals surface area contributed by atoms with E-state index in [9.17, 15) is 0 Å². The van der Waals surface area contributed by atoms with Crippen molar-refractivity contribution >= 4 is 11.3 Å². The van der Waals surface area contributed by atoms with Gasteiger partial charge in [0, 0.05) is 24.5 Å². The topological polar surface area (TPSA) is 37.4 Å². The summed E-state index contributed by atoms with van der Waals surface area (Å²) >= 11 is 1.75. The Kier molecular flexibility index (Phi) is 4.48. The van der Waals surface area contributed by atoms with Gasteiger partial charge in [0.25, 0.3) is 0 Å². The third-order valence-corrected chi connectivity index (χ3v) is 4.95. The Balaban J connectivity index is 1.56. The van der Waals surface area contributed by atoms with E-state index in [1.54, 1.807) is 11.3 Å². The molecule has 0 spiro atoms. The number of thiazole rings is 1. The van der Waals surface area contributed by atoms with Crippen LogP contribution in [0.5, 0.6) is 0 Å². The zero-order valence-electron chi connectivity index (χ0n) is 11.6. The van der Waals surface area contributed by atoms with Crippen molar-refractivity contribution in [3.05, 3.63) is 16.1 Å². The van der Waals surface area contributed by atoms with Crippen LogP contribution in [0.15, 0.2) is 5.38 Å². The molecule has 4 nitrogen and oxygen atoms in total. The summed E-state index contributed by atoms with van der Waals surface area (Å²) in [7, 11) is 0. The van der Waals surface area contributed by atoms with Crippen molar-refractivity contribution in [2.75, 3.05) is 26.2 Å². The van der Waals surface area contributed by atoms with Gasteiger partial charge in [-0.15, -0.1) is 11.3 Å². The van der Waals surface area contributed by atoms with Gasteiger partial charge in [0.1, 0.15) is 11.1 Å². The van der Waals surface area contributed by atoms with Crippen molar-refractivity contribution in [3.63, 3.8) is 0 Å². The molecule has 0 saturated carbocycles. The average Bonchev–Trinajstić information content (AvgIpc) is 3.06. The van der Waals surface area contributed by atoms with Gasteiger partial charge in [-0.2, -0.15) is 0 Å². The molecule has 19 heavy (non-hydrogen) atoms. The summed E-state index contributed by atoms with van der Waals surface area (Å²) < 4.78 is 6.00. The van der Waals surface area contributed by atoms with Gasteiger partial charge in [-0.3, -0.25) is 4.90 Å². The number of hydrogen-bond acceptors (Lipinski definition) is 5. The molecule has 2 saturated heterocycles. The molecule has 5 heteroatoms. The Hall–Kier alpha value is -0.490. The fourth-order valence-electron chi connectivity index (χ4n) is 2.91. The van der Waals surface area contributed by atoms with Crippen LogP contribution in [0, 0.1) is 0 Å².